The Morgan fingerprint density at radius 1 is 1.54 bits per heavy atom. The summed E-state index contributed by atoms with van der Waals surface area (Å²) >= 11 is 0. The van der Waals surface area contributed by atoms with Gasteiger partial charge >= 0.3 is 0 Å². The molecule has 70 valence electrons. The highest BCUT2D eigenvalue weighted by molar-refractivity contribution is 5.66. The smallest absolute Gasteiger partial charge is 0.123 e. The van der Waals surface area contributed by atoms with Crippen LogP contribution in [-0.4, -0.2) is 6.54 Å². The van der Waals surface area contributed by atoms with Crippen molar-refractivity contribution in [1.82, 2.24) is 0 Å². The average molecular weight is 179 g/mol. The van der Waals surface area contributed by atoms with E-state index in [0.29, 0.717) is 6.54 Å². The van der Waals surface area contributed by atoms with Crippen LogP contribution in [0.4, 0.5) is 4.39 Å². The van der Waals surface area contributed by atoms with Crippen molar-refractivity contribution in [1.29, 1.82) is 0 Å². The number of hydrogen-bond donors (Lipinski definition) is 1. The Morgan fingerprint density at radius 2 is 2.23 bits per heavy atom. The first kappa shape index (κ1) is 9.93. The Balaban J connectivity index is 2.95. The van der Waals surface area contributed by atoms with Crippen molar-refractivity contribution in [3.8, 4) is 0 Å². The molecule has 0 spiro atoms. The molecule has 2 N–H and O–H groups in total. The van der Waals surface area contributed by atoms with Crippen LogP contribution in [0.2, 0.25) is 0 Å². The van der Waals surface area contributed by atoms with Gasteiger partial charge in [0.1, 0.15) is 5.82 Å². The summed E-state index contributed by atoms with van der Waals surface area (Å²) in [4.78, 5) is 0. The third-order valence-electron chi connectivity index (χ3n) is 2.02. The monoisotopic (exact) mass is 179 g/mol. The van der Waals surface area contributed by atoms with E-state index in [0.717, 1.165) is 23.1 Å². The summed E-state index contributed by atoms with van der Waals surface area (Å²) in [5.41, 5.74) is 8.31. The van der Waals surface area contributed by atoms with Gasteiger partial charge in [-0.15, -0.1) is 0 Å². The first-order valence-electron chi connectivity index (χ1n) is 4.29. The zero-order valence-corrected chi connectivity index (χ0v) is 7.81. The van der Waals surface area contributed by atoms with Crippen LogP contribution < -0.4 is 5.73 Å². The number of halogens is 1. The molecule has 2 heteroatoms. The Bertz CT molecular complexity index is 318. The normalized spacial score (nSPS) is 10.1. The van der Waals surface area contributed by atoms with E-state index in [1.165, 1.54) is 12.1 Å². The molecule has 13 heavy (non-hydrogen) atoms. The Morgan fingerprint density at radius 3 is 2.77 bits per heavy atom. The Hall–Kier alpha value is -1.15. The largest absolute Gasteiger partial charge is 0.330 e. The fourth-order valence-electron chi connectivity index (χ4n) is 1.33. The lowest BCUT2D eigenvalue weighted by atomic mass is 9.99. The fraction of sp³-hybridized carbons (Fsp3) is 0.273. The summed E-state index contributed by atoms with van der Waals surface area (Å²) in [5.74, 6) is -0.207. The van der Waals surface area contributed by atoms with Gasteiger partial charge < -0.3 is 5.73 Å². The van der Waals surface area contributed by atoms with Crippen LogP contribution in [0.3, 0.4) is 0 Å². The summed E-state index contributed by atoms with van der Waals surface area (Å²) in [6.07, 6.45) is 0.756. The van der Waals surface area contributed by atoms with Crippen molar-refractivity contribution in [3.63, 3.8) is 0 Å². The summed E-state index contributed by atoms with van der Waals surface area (Å²) in [6.45, 7) is 6.36. The minimum absolute atomic E-state index is 0.207. The van der Waals surface area contributed by atoms with Gasteiger partial charge in [0, 0.05) is 0 Å². The van der Waals surface area contributed by atoms with Gasteiger partial charge in [0.2, 0.25) is 0 Å². The van der Waals surface area contributed by atoms with Crippen LogP contribution in [0.1, 0.15) is 17.5 Å². The lowest BCUT2D eigenvalue weighted by Gasteiger charge is -2.07. The molecule has 0 unspecified atom stereocenters. The van der Waals surface area contributed by atoms with E-state index in [1.807, 2.05) is 6.92 Å². The van der Waals surface area contributed by atoms with Crippen LogP contribution in [0.15, 0.2) is 24.8 Å². The molecule has 0 amide bonds. The molecule has 0 aliphatic heterocycles. The third kappa shape index (κ3) is 2.39. The van der Waals surface area contributed by atoms with Gasteiger partial charge in [0.25, 0.3) is 0 Å². The molecule has 0 saturated heterocycles. The van der Waals surface area contributed by atoms with Crippen LogP contribution >= 0.6 is 0 Å². The van der Waals surface area contributed by atoms with Crippen molar-refractivity contribution in [2.24, 2.45) is 5.73 Å². The second kappa shape index (κ2) is 4.19. The van der Waals surface area contributed by atoms with Crippen molar-refractivity contribution in [2.75, 3.05) is 6.54 Å². The topological polar surface area (TPSA) is 26.0 Å². The zero-order valence-electron chi connectivity index (χ0n) is 7.81. The van der Waals surface area contributed by atoms with E-state index in [4.69, 9.17) is 5.73 Å². The summed E-state index contributed by atoms with van der Waals surface area (Å²) in [7, 11) is 0. The maximum Gasteiger partial charge on any atom is 0.123 e. The molecule has 0 aliphatic rings. The van der Waals surface area contributed by atoms with Gasteiger partial charge in [-0.25, -0.2) is 4.39 Å². The first-order chi connectivity index (χ1) is 6.15. The number of rotatable bonds is 3. The highest BCUT2D eigenvalue weighted by atomic mass is 19.1. The van der Waals surface area contributed by atoms with Gasteiger partial charge in [0.05, 0.1) is 0 Å². The minimum Gasteiger partial charge on any atom is -0.330 e. The highest BCUT2D eigenvalue weighted by Crippen LogP contribution is 2.20. The Kier molecular flexibility index (Phi) is 3.20. The molecule has 0 aliphatic carbocycles. The number of hydrogen-bond acceptors (Lipinski definition) is 1. The molecule has 0 heterocycles. The average Bonchev–Trinajstić information content (AvgIpc) is 2.04. The lowest BCUT2D eigenvalue weighted by Crippen LogP contribution is -2.00. The molecule has 0 saturated carbocycles. The zero-order chi connectivity index (χ0) is 9.84. The van der Waals surface area contributed by atoms with Crippen molar-refractivity contribution >= 4 is 5.57 Å². The summed E-state index contributed by atoms with van der Waals surface area (Å²) < 4.78 is 12.7. The van der Waals surface area contributed by atoms with E-state index < -0.39 is 0 Å². The molecule has 0 fully saturated rings. The van der Waals surface area contributed by atoms with Crippen molar-refractivity contribution in [2.45, 2.75) is 13.3 Å². The number of aryl methyl sites for hydroxylation is 1. The molecule has 1 nitrogen and oxygen atoms in total. The predicted octanol–water partition coefficient (Wildman–Crippen LogP) is 2.50. The van der Waals surface area contributed by atoms with Crippen LogP contribution in [0.25, 0.3) is 5.57 Å². The number of nitrogens with two attached hydrogens (primary N) is 1. The minimum atomic E-state index is -0.207. The predicted molar refractivity (Wildman–Crippen MR) is 53.8 cm³/mol. The number of benzene rings is 1. The van der Waals surface area contributed by atoms with E-state index in [9.17, 15) is 4.39 Å². The molecule has 1 aromatic carbocycles. The summed E-state index contributed by atoms with van der Waals surface area (Å²) in [6, 6.07) is 4.71. The van der Waals surface area contributed by atoms with Crippen LogP contribution in [-0.2, 0) is 0 Å². The quantitative estimate of drug-likeness (QED) is 0.758. The standard InChI is InChI=1S/C11H14FN/c1-8(5-6-13)11-4-3-10(12)7-9(11)2/h3-4,7H,1,5-6,13H2,2H3. The molecule has 0 bridgehead atoms. The van der Waals surface area contributed by atoms with Gasteiger partial charge in [-0.2, -0.15) is 0 Å². The first-order valence-corrected chi connectivity index (χ1v) is 4.29. The van der Waals surface area contributed by atoms with Crippen LogP contribution in [0.5, 0.6) is 0 Å². The fourth-order valence-corrected chi connectivity index (χ4v) is 1.33. The Labute approximate surface area is 78.1 Å². The highest BCUT2D eigenvalue weighted by Gasteiger charge is 2.02. The lowest BCUT2D eigenvalue weighted by molar-refractivity contribution is 0.626. The third-order valence-corrected chi connectivity index (χ3v) is 2.02. The molecule has 1 rings (SSSR count). The van der Waals surface area contributed by atoms with E-state index in [-0.39, 0.29) is 5.82 Å². The maximum atomic E-state index is 12.7. The van der Waals surface area contributed by atoms with Gasteiger partial charge in [0.15, 0.2) is 0 Å². The molecular formula is C11H14FN. The molecule has 0 atom stereocenters. The second-order valence-electron chi connectivity index (χ2n) is 3.10. The molecule has 0 aromatic heterocycles. The van der Waals surface area contributed by atoms with Gasteiger partial charge in [-0.05, 0) is 48.7 Å². The van der Waals surface area contributed by atoms with Crippen molar-refractivity contribution in [3.05, 3.63) is 41.7 Å². The summed E-state index contributed by atoms with van der Waals surface area (Å²) in [5, 5.41) is 0. The van der Waals surface area contributed by atoms with E-state index in [2.05, 4.69) is 6.58 Å². The van der Waals surface area contributed by atoms with E-state index in [1.54, 1.807) is 6.07 Å². The van der Waals surface area contributed by atoms with Crippen LogP contribution in [0, 0.1) is 12.7 Å². The van der Waals surface area contributed by atoms with Gasteiger partial charge in [-0.3, -0.25) is 0 Å². The molecule has 0 radical (unpaired) electrons. The van der Waals surface area contributed by atoms with Crippen molar-refractivity contribution < 1.29 is 4.39 Å². The van der Waals surface area contributed by atoms with Gasteiger partial charge in [-0.1, -0.05) is 12.6 Å². The molecular weight excluding hydrogens is 165 g/mol. The molecule has 1 aromatic rings. The maximum absolute atomic E-state index is 12.7. The SMILES string of the molecule is C=C(CCN)c1ccc(F)cc1C. The second-order valence-corrected chi connectivity index (χ2v) is 3.10. The van der Waals surface area contributed by atoms with E-state index >= 15 is 0 Å².